The summed E-state index contributed by atoms with van der Waals surface area (Å²) in [4.78, 5) is 30.3. The first-order chi connectivity index (χ1) is 31.3. The van der Waals surface area contributed by atoms with Crippen LogP contribution >= 0.6 is 0 Å². The maximum atomic E-state index is 5.22. The molecule has 10 heterocycles. The molecule has 16 bridgehead atoms. The third kappa shape index (κ3) is 8.02. The quantitative estimate of drug-likeness (QED) is 0.142. The van der Waals surface area contributed by atoms with Crippen LogP contribution < -0.4 is 0 Å². The Morgan fingerprint density at radius 1 is 0.391 bits per heavy atom. The van der Waals surface area contributed by atoms with E-state index in [1.165, 1.54) is 61.0 Å². The molecule has 0 radical (unpaired) electrons. The second-order valence-corrected chi connectivity index (χ2v) is 16.7. The van der Waals surface area contributed by atoms with Crippen LogP contribution in [0.25, 0.3) is 92.2 Å². The Morgan fingerprint density at radius 3 is 1.30 bits per heavy atom. The third-order valence-corrected chi connectivity index (χ3v) is 12.9. The van der Waals surface area contributed by atoms with Crippen LogP contribution in [0.5, 0.6) is 0 Å². The van der Waals surface area contributed by atoms with Crippen molar-refractivity contribution in [3.63, 3.8) is 0 Å². The fraction of sp³-hybridized carbons (Fsp3) is 0.286. The molecular weight excluding hydrogens is 785 g/mol. The average molecular weight is 845 g/mol. The van der Waals surface area contributed by atoms with Crippen molar-refractivity contribution in [1.29, 1.82) is 0 Å². The van der Waals surface area contributed by atoms with Gasteiger partial charge in [-0.3, -0.25) is 0 Å². The van der Waals surface area contributed by atoms with E-state index >= 15 is 0 Å². The van der Waals surface area contributed by atoms with Crippen molar-refractivity contribution in [1.82, 2.24) is 39.5 Å². The molecule has 3 N–H and O–H groups in total. The summed E-state index contributed by atoms with van der Waals surface area (Å²) in [5, 5.41) is 0. The van der Waals surface area contributed by atoms with E-state index in [1.54, 1.807) is 0 Å². The summed E-state index contributed by atoms with van der Waals surface area (Å²) in [5.74, 6) is 0. The van der Waals surface area contributed by atoms with Gasteiger partial charge in [-0.2, -0.15) is 0 Å². The molecule has 6 aromatic rings. The summed E-state index contributed by atoms with van der Waals surface area (Å²) in [5.41, 5.74) is 27.3. The van der Waals surface area contributed by atoms with Crippen LogP contribution in [-0.4, -0.2) is 39.5 Å². The van der Waals surface area contributed by atoms with Gasteiger partial charge in [0.05, 0.1) is 45.6 Å². The van der Waals surface area contributed by atoms with E-state index in [1.807, 2.05) is 42.5 Å². The number of rotatable bonds is 8. The van der Waals surface area contributed by atoms with E-state index in [2.05, 4.69) is 146 Å². The summed E-state index contributed by atoms with van der Waals surface area (Å²) < 4.78 is 2.57. The number of aromatic nitrogens is 8. The molecule has 0 aromatic carbocycles. The van der Waals surface area contributed by atoms with Crippen molar-refractivity contribution in [2.75, 3.05) is 0 Å². The highest BCUT2D eigenvalue weighted by molar-refractivity contribution is 5.90. The number of aryl methyl sites for hydroxylation is 7. The molecule has 0 amide bonds. The maximum Gasteiger partial charge on any atom is 0.0722 e. The van der Waals surface area contributed by atoms with Crippen LogP contribution in [0.15, 0.2) is 60.7 Å². The van der Waals surface area contributed by atoms with Crippen LogP contribution in [0.3, 0.4) is 0 Å². The molecule has 0 saturated carbocycles. The number of nitrogens with zero attached hydrogens (tertiary/aromatic N) is 5. The first-order valence-electron chi connectivity index (χ1n) is 23.5. The predicted octanol–water partition coefficient (Wildman–Crippen LogP) is 14.0. The molecule has 0 atom stereocenters. The third-order valence-electron chi connectivity index (χ3n) is 12.9. The first-order valence-corrected chi connectivity index (χ1v) is 23.5. The second kappa shape index (κ2) is 18.1. The Hall–Kier alpha value is -6.80. The average Bonchev–Trinajstić information content (AvgIpc) is 4.17. The van der Waals surface area contributed by atoms with Crippen LogP contribution in [0.1, 0.15) is 141 Å². The molecule has 64 heavy (non-hydrogen) atoms. The molecule has 8 heteroatoms. The highest BCUT2D eigenvalue weighted by Gasteiger charge is 2.22. The molecule has 0 aliphatic carbocycles. The predicted molar refractivity (Wildman–Crippen MR) is 273 cm³/mol. The van der Waals surface area contributed by atoms with Crippen LogP contribution in [-0.2, 0) is 45.1 Å². The minimum atomic E-state index is 0.915. The van der Waals surface area contributed by atoms with Gasteiger partial charge in [0.2, 0.25) is 0 Å². The number of fused-ring (bicyclic) bond motifs is 16. The zero-order chi connectivity index (χ0) is 44.5. The molecule has 324 valence electrons. The summed E-state index contributed by atoms with van der Waals surface area (Å²) in [6.45, 7) is 19.3. The zero-order valence-corrected chi connectivity index (χ0v) is 38.7. The van der Waals surface area contributed by atoms with E-state index in [0.717, 1.165) is 119 Å². The minimum absolute atomic E-state index is 0.915. The fourth-order valence-electron chi connectivity index (χ4n) is 10.0. The van der Waals surface area contributed by atoms with E-state index in [9.17, 15) is 0 Å². The maximum absolute atomic E-state index is 5.22. The van der Waals surface area contributed by atoms with Gasteiger partial charge in [-0.1, -0.05) is 48.5 Å². The largest absolute Gasteiger partial charge is 0.355 e. The number of hydrogen-bond donors (Lipinski definition) is 3. The Labute approximate surface area is 376 Å². The molecule has 4 aliphatic heterocycles. The van der Waals surface area contributed by atoms with E-state index in [-0.39, 0.29) is 0 Å². The Morgan fingerprint density at radius 2 is 0.828 bits per heavy atom. The topological polar surface area (TPSA) is 104 Å². The smallest absolute Gasteiger partial charge is 0.0722 e. The van der Waals surface area contributed by atoms with Crippen LogP contribution in [0.4, 0.5) is 0 Å². The summed E-state index contributed by atoms with van der Waals surface area (Å²) in [6.07, 6.45) is 21.5. The van der Waals surface area contributed by atoms with E-state index < -0.39 is 0 Å². The number of aromatic amines is 3. The molecule has 0 spiro atoms. The molecule has 10 rings (SSSR count). The highest BCUT2D eigenvalue weighted by Crippen LogP contribution is 2.37. The normalized spacial score (nSPS) is 12.8. The Balaban J connectivity index is 0.000000182. The summed E-state index contributed by atoms with van der Waals surface area (Å²) in [6, 6.07) is 20.9. The van der Waals surface area contributed by atoms with Crippen molar-refractivity contribution >= 4 is 92.2 Å². The van der Waals surface area contributed by atoms with Crippen molar-refractivity contribution in [2.45, 2.75) is 107 Å². The van der Waals surface area contributed by atoms with Gasteiger partial charge in [-0.15, -0.1) is 0 Å². The Kier molecular flexibility index (Phi) is 12.0. The lowest BCUT2D eigenvalue weighted by Crippen LogP contribution is -1.99. The van der Waals surface area contributed by atoms with E-state index in [4.69, 9.17) is 9.97 Å². The molecule has 0 saturated heterocycles. The SMILES string of the molecule is C1=Cc2cc3ccc(cc4ccc(cc5nc(cc1n2)C=C5)[nH]4)[nH]3.CCC1=Cc2cc3nc(cc4c(CC)c(CC)c(c(CC)c5[nH]c(c(CC)c1n2)c(CC)c5CC)n4CC)C=C3. The standard InChI is InChI=1S/C36H46N4.C20H14N4/c1-9-22-19-25-20-23-17-18-24(37-23)21-32-26(10-2)29(13-5)36(40(32)16-8)31(15-7)35-28(12-4)27(11-3)34(39-35)30(14-6)33(22)38-25;1-2-14-10-16-5-6-18(23-16)12-20-8-7-19(24-20)11-17-4-3-15(22-17)9-13(1)21-14/h17-21,39H,9-16H2,1-8H3;1-12,21-22H. The van der Waals surface area contributed by atoms with Gasteiger partial charge in [-0.25, -0.2) is 19.9 Å². The summed E-state index contributed by atoms with van der Waals surface area (Å²) in [7, 11) is 0. The van der Waals surface area contributed by atoms with Crippen molar-refractivity contribution < 1.29 is 0 Å². The summed E-state index contributed by atoms with van der Waals surface area (Å²) >= 11 is 0. The van der Waals surface area contributed by atoms with E-state index in [0.29, 0.717) is 0 Å². The lowest BCUT2D eigenvalue weighted by atomic mass is 9.97. The molecule has 8 nitrogen and oxygen atoms in total. The fourth-order valence-corrected chi connectivity index (χ4v) is 10.0. The van der Waals surface area contributed by atoms with Gasteiger partial charge in [0, 0.05) is 56.2 Å². The molecular formula is C56H60N8. The van der Waals surface area contributed by atoms with Crippen molar-refractivity contribution in [3.05, 3.63) is 140 Å². The molecule has 0 fully saturated rings. The number of H-pyrrole nitrogens is 3. The van der Waals surface area contributed by atoms with Gasteiger partial charge in [0.25, 0.3) is 0 Å². The van der Waals surface area contributed by atoms with Gasteiger partial charge < -0.3 is 19.5 Å². The molecule has 0 unspecified atom stereocenters. The van der Waals surface area contributed by atoms with Gasteiger partial charge in [-0.05, 0) is 188 Å². The van der Waals surface area contributed by atoms with Crippen molar-refractivity contribution in [3.8, 4) is 0 Å². The molecule has 6 aromatic heterocycles. The number of hydrogen-bond acceptors (Lipinski definition) is 4. The van der Waals surface area contributed by atoms with Gasteiger partial charge in [0.1, 0.15) is 0 Å². The van der Waals surface area contributed by atoms with Gasteiger partial charge in [0.15, 0.2) is 0 Å². The number of allylic oxidation sites excluding steroid dienone is 1. The molecule has 4 aliphatic rings. The van der Waals surface area contributed by atoms with Gasteiger partial charge >= 0.3 is 0 Å². The number of nitrogens with one attached hydrogen (secondary N) is 3. The first kappa shape index (κ1) is 42.5. The zero-order valence-electron chi connectivity index (χ0n) is 38.7. The monoisotopic (exact) mass is 844 g/mol. The van der Waals surface area contributed by atoms with Crippen molar-refractivity contribution in [2.24, 2.45) is 0 Å². The lowest BCUT2D eigenvalue weighted by molar-refractivity contribution is 0.816. The lowest BCUT2D eigenvalue weighted by Gasteiger charge is -2.09. The second-order valence-electron chi connectivity index (χ2n) is 16.7. The highest BCUT2D eigenvalue weighted by atomic mass is 15.0. The Bertz CT molecular complexity index is 3170. The van der Waals surface area contributed by atoms with Crippen LogP contribution in [0.2, 0.25) is 0 Å². The minimum Gasteiger partial charge on any atom is -0.355 e. The van der Waals surface area contributed by atoms with Crippen LogP contribution in [0, 0.1) is 0 Å².